The van der Waals surface area contributed by atoms with Gasteiger partial charge in [0, 0.05) is 13.1 Å². The smallest absolute Gasteiger partial charge is 0.408 e. The van der Waals surface area contributed by atoms with E-state index in [0.717, 1.165) is 5.69 Å². The van der Waals surface area contributed by atoms with Crippen LogP contribution in [0.3, 0.4) is 0 Å². The number of nitrogens with one attached hydrogen (secondary N) is 2. The van der Waals surface area contributed by atoms with Crippen molar-refractivity contribution >= 4 is 17.7 Å². The Labute approximate surface area is 128 Å². The molecule has 0 saturated carbocycles. The lowest BCUT2D eigenvalue weighted by molar-refractivity contribution is -0.137. The van der Waals surface area contributed by atoms with Crippen molar-refractivity contribution in [3.63, 3.8) is 0 Å². The normalized spacial score (nSPS) is 23.3. The number of benzene rings is 1. The average molecular weight is 305 g/mol. The number of carbonyl (C=O) groups is 2. The van der Waals surface area contributed by atoms with Gasteiger partial charge in [0.15, 0.2) is 12.3 Å². The number of nitrogens with zero attached hydrogens (tertiary/aromatic N) is 1. The topological polar surface area (TPSA) is 90.9 Å². The largest absolute Gasteiger partial charge is 0.471 e. The summed E-state index contributed by atoms with van der Waals surface area (Å²) in [5.41, 5.74) is 0.310. The molecule has 0 radical (unpaired) electrons. The minimum Gasteiger partial charge on any atom is -0.471 e. The lowest BCUT2D eigenvalue weighted by Gasteiger charge is -2.44. The van der Waals surface area contributed by atoms with Crippen molar-refractivity contribution in [2.24, 2.45) is 0 Å². The van der Waals surface area contributed by atoms with Crippen LogP contribution in [0, 0.1) is 0 Å². The van der Waals surface area contributed by atoms with Gasteiger partial charge in [-0.3, -0.25) is 9.69 Å². The molecule has 1 unspecified atom stereocenters. The zero-order valence-corrected chi connectivity index (χ0v) is 12.4. The van der Waals surface area contributed by atoms with Crippen LogP contribution in [0.5, 0.6) is 5.75 Å². The maximum absolute atomic E-state index is 12.6. The highest BCUT2D eigenvalue weighted by Crippen LogP contribution is 2.40. The quantitative estimate of drug-likeness (QED) is 0.788. The molecule has 7 heteroatoms. The molecule has 2 aliphatic heterocycles. The number of rotatable bonds is 3. The molecule has 0 bridgehead atoms. The summed E-state index contributed by atoms with van der Waals surface area (Å²) in [7, 11) is 0. The third-order valence-corrected chi connectivity index (χ3v) is 4.25. The summed E-state index contributed by atoms with van der Waals surface area (Å²) in [6.45, 7) is 2.93. The Bertz CT molecular complexity index is 619. The van der Waals surface area contributed by atoms with E-state index in [1.165, 1.54) is 4.90 Å². The number of carboxylic acid groups (broad SMARTS) is 1. The first-order chi connectivity index (χ1) is 10.6. The standard InChI is InChI=1S/C15H19N3O4/c1-2-5-15(13(19)16-6-7-18(15)14(20)21)10-3-4-11-12(8-10)22-9-17-11/h3-4,8,17H,2,5-7,9H2,1H3,(H,16,19)(H,20,21). The molecule has 0 spiro atoms. The number of piperazine rings is 1. The van der Waals surface area contributed by atoms with Gasteiger partial charge in [-0.05, 0) is 24.1 Å². The Kier molecular flexibility index (Phi) is 3.56. The molecule has 7 nitrogen and oxygen atoms in total. The highest BCUT2D eigenvalue weighted by molar-refractivity contribution is 5.92. The molecule has 0 aliphatic carbocycles. The van der Waals surface area contributed by atoms with Crippen LogP contribution in [-0.4, -0.2) is 41.8 Å². The minimum atomic E-state index is -1.19. The fourth-order valence-electron chi connectivity index (χ4n) is 3.28. The van der Waals surface area contributed by atoms with Crippen molar-refractivity contribution < 1.29 is 19.4 Å². The van der Waals surface area contributed by atoms with Crippen molar-refractivity contribution in [3.05, 3.63) is 23.8 Å². The van der Waals surface area contributed by atoms with E-state index in [-0.39, 0.29) is 12.5 Å². The molecule has 22 heavy (non-hydrogen) atoms. The van der Waals surface area contributed by atoms with Gasteiger partial charge in [-0.2, -0.15) is 0 Å². The lowest BCUT2D eigenvalue weighted by Crippen LogP contribution is -2.64. The van der Waals surface area contributed by atoms with Gasteiger partial charge in [0.2, 0.25) is 0 Å². The summed E-state index contributed by atoms with van der Waals surface area (Å²) in [6, 6.07) is 5.40. The number of anilines is 1. The molecule has 1 saturated heterocycles. The van der Waals surface area contributed by atoms with Gasteiger partial charge in [-0.25, -0.2) is 4.79 Å². The average Bonchev–Trinajstić information content (AvgIpc) is 2.96. The molecule has 2 amide bonds. The second-order valence-electron chi connectivity index (χ2n) is 5.48. The third kappa shape index (κ3) is 2.04. The molecular weight excluding hydrogens is 286 g/mol. The fraction of sp³-hybridized carbons (Fsp3) is 0.467. The lowest BCUT2D eigenvalue weighted by atomic mass is 9.81. The van der Waals surface area contributed by atoms with Gasteiger partial charge in [-0.1, -0.05) is 19.4 Å². The second kappa shape index (κ2) is 5.40. The minimum absolute atomic E-state index is 0.270. The molecule has 2 aliphatic rings. The van der Waals surface area contributed by atoms with Crippen LogP contribution in [0.15, 0.2) is 18.2 Å². The van der Waals surface area contributed by atoms with Gasteiger partial charge in [0.05, 0.1) is 5.69 Å². The van der Waals surface area contributed by atoms with Gasteiger partial charge in [0.25, 0.3) is 5.91 Å². The van der Waals surface area contributed by atoms with Crippen molar-refractivity contribution in [1.29, 1.82) is 0 Å². The van der Waals surface area contributed by atoms with E-state index in [1.807, 2.05) is 13.0 Å². The van der Waals surface area contributed by atoms with E-state index in [1.54, 1.807) is 12.1 Å². The van der Waals surface area contributed by atoms with Crippen LogP contribution in [0.25, 0.3) is 0 Å². The highest BCUT2D eigenvalue weighted by atomic mass is 16.5. The molecule has 3 rings (SSSR count). The van der Waals surface area contributed by atoms with E-state index in [2.05, 4.69) is 10.6 Å². The Balaban J connectivity index is 2.13. The van der Waals surface area contributed by atoms with Gasteiger partial charge in [0.1, 0.15) is 5.75 Å². The molecule has 1 atom stereocenters. The summed E-state index contributed by atoms with van der Waals surface area (Å²) >= 11 is 0. The summed E-state index contributed by atoms with van der Waals surface area (Å²) in [4.78, 5) is 25.6. The number of amides is 2. The molecule has 118 valence electrons. The van der Waals surface area contributed by atoms with Crippen LogP contribution in [0.1, 0.15) is 25.3 Å². The Morgan fingerprint density at radius 1 is 1.45 bits per heavy atom. The summed E-state index contributed by atoms with van der Waals surface area (Å²) in [5, 5.41) is 15.5. The van der Waals surface area contributed by atoms with Crippen molar-refractivity contribution in [2.45, 2.75) is 25.3 Å². The van der Waals surface area contributed by atoms with Crippen LogP contribution in [-0.2, 0) is 10.3 Å². The Morgan fingerprint density at radius 3 is 3.00 bits per heavy atom. The summed E-state index contributed by atoms with van der Waals surface area (Å²) in [6.07, 6.45) is 0.0351. The van der Waals surface area contributed by atoms with Crippen molar-refractivity contribution in [1.82, 2.24) is 10.2 Å². The van der Waals surface area contributed by atoms with Crippen molar-refractivity contribution in [2.75, 3.05) is 25.1 Å². The SMILES string of the molecule is CCCC1(c2ccc3c(c2)OCN3)C(=O)NCCN1C(=O)O. The van der Waals surface area contributed by atoms with E-state index in [4.69, 9.17) is 4.74 Å². The van der Waals surface area contributed by atoms with Crippen LogP contribution in [0.2, 0.25) is 0 Å². The molecule has 0 aromatic heterocycles. The zero-order chi connectivity index (χ0) is 15.7. The number of fused-ring (bicyclic) bond motifs is 1. The Morgan fingerprint density at radius 2 is 2.27 bits per heavy atom. The number of ether oxygens (including phenoxy) is 1. The van der Waals surface area contributed by atoms with E-state index < -0.39 is 11.6 Å². The first-order valence-electron chi connectivity index (χ1n) is 7.39. The third-order valence-electron chi connectivity index (χ3n) is 4.25. The maximum atomic E-state index is 12.6. The molecule has 1 aromatic rings. The second-order valence-corrected chi connectivity index (χ2v) is 5.48. The molecule has 3 N–H and O–H groups in total. The van der Waals surface area contributed by atoms with Crippen LogP contribution in [0.4, 0.5) is 10.5 Å². The predicted molar refractivity (Wildman–Crippen MR) is 79.9 cm³/mol. The predicted octanol–water partition coefficient (Wildman–Crippen LogP) is 1.55. The number of hydrogen-bond donors (Lipinski definition) is 3. The Hall–Kier alpha value is -2.44. The van der Waals surface area contributed by atoms with Crippen LogP contribution < -0.4 is 15.4 Å². The maximum Gasteiger partial charge on any atom is 0.408 e. The first kappa shape index (κ1) is 14.5. The van der Waals surface area contributed by atoms with E-state index >= 15 is 0 Å². The number of carbonyl (C=O) groups excluding carboxylic acids is 1. The van der Waals surface area contributed by atoms with Crippen LogP contribution >= 0.6 is 0 Å². The summed E-state index contributed by atoms with van der Waals surface area (Å²) in [5.74, 6) is 0.380. The summed E-state index contributed by atoms with van der Waals surface area (Å²) < 4.78 is 5.48. The van der Waals surface area contributed by atoms with Crippen molar-refractivity contribution in [3.8, 4) is 5.75 Å². The number of hydrogen-bond acceptors (Lipinski definition) is 4. The van der Waals surface area contributed by atoms with E-state index in [9.17, 15) is 14.7 Å². The first-order valence-corrected chi connectivity index (χ1v) is 7.39. The fourth-order valence-corrected chi connectivity index (χ4v) is 3.28. The monoisotopic (exact) mass is 305 g/mol. The van der Waals surface area contributed by atoms with E-state index in [0.29, 0.717) is 37.4 Å². The molecule has 2 heterocycles. The van der Waals surface area contributed by atoms with Gasteiger partial charge in [-0.15, -0.1) is 0 Å². The van der Waals surface area contributed by atoms with Gasteiger partial charge < -0.3 is 20.5 Å². The molecular formula is C15H19N3O4. The molecule has 1 fully saturated rings. The zero-order valence-electron chi connectivity index (χ0n) is 12.4. The molecule has 1 aromatic carbocycles. The van der Waals surface area contributed by atoms with Gasteiger partial charge >= 0.3 is 6.09 Å². The highest BCUT2D eigenvalue weighted by Gasteiger charge is 2.49.